The third kappa shape index (κ3) is 6.07. The highest BCUT2D eigenvalue weighted by molar-refractivity contribution is 6.03. The van der Waals surface area contributed by atoms with Crippen LogP contribution < -0.4 is 11.1 Å². The summed E-state index contributed by atoms with van der Waals surface area (Å²) >= 11 is 0. The normalized spacial score (nSPS) is 23.4. The molecule has 0 spiro atoms. The number of amides is 1. The van der Waals surface area contributed by atoms with Gasteiger partial charge >= 0.3 is 24.0 Å². The Kier molecular flexibility index (Phi) is 7.62. The highest BCUT2D eigenvalue weighted by Crippen LogP contribution is 2.46. The minimum atomic E-state index is -1.61. The molecule has 2 aromatic heterocycles. The molecule has 1 saturated heterocycles. The number of nitrogens with one attached hydrogen (secondary N) is 1. The summed E-state index contributed by atoms with van der Waals surface area (Å²) in [5, 5.41) is 2.90. The van der Waals surface area contributed by atoms with Crippen molar-refractivity contribution in [2.75, 3.05) is 17.7 Å². The molecule has 1 fully saturated rings. The van der Waals surface area contributed by atoms with Crippen molar-refractivity contribution in [2.24, 2.45) is 0 Å². The quantitative estimate of drug-likeness (QED) is 0.417. The molecule has 3 heterocycles. The Bertz CT molecular complexity index is 1220. The molecule has 0 unspecified atom stereocenters. The first-order valence-electron chi connectivity index (χ1n) is 11.4. The highest BCUT2D eigenvalue weighted by atomic mass is 16.7. The summed E-state index contributed by atoms with van der Waals surface area (Å²) in [7, 11) is 0. The van der Waals surface area contributed by atoms with Crippen LogP contribution in [0.5, 0.6) is 0 Å². The Morgan fingerprint density at radius 1 is 1.14 bits per heavy atom. The minimum Gasteiger partial charge on any atom is -0.463 e. The smallest absolute Gasteiger partial charge is 0.412 e. The number of rotatable bonds is 6. The maximum Gasteiger partial charge on any atom is 0.412 e. The van der Waals surface area contributed by atoms with E-state index in [4.69, 9.17) is 29.4 Å². The third-order valence-electron chi connectivity index (χ3n) is 5.33. The molecule has 37 heavy (non-hydrogen) atoms. The molecule has 1 aliphatic heterocycles. The molecule has 0 aromatic carbocycles. The number of aromatic nitrogens is 3. The lowest BCUT2D eigenvalue weighted by molar-refractivity contribution is -0.184. The van der Waals surface area contributed by atoms with Gasteiger partial charge in [-0.3, -0.25) is 24.3 Å². The standard InChI is InChI=1S/C23H31N5O9/c1-11(29)33-9-15-17(34-12(2)30)23(7,36-13(3)31)20(35-15)28-8-14(27-21(32)37-22(4,5)6)16-18(24)25-10-26-19(16)28/h8,10,15,17,20H,9H2,1-7H3,(H,27,32)(H2,24,25,26)/t15-,17-,20-,23-/m1/s1. The van der Waals surface area contributed by atoms with Crippen LogP contribution in [0.3, 0.4) is 0 Å². The molecule has 14 heteroatoms. The summed E-state index contributed by atoms with van der Waals surface area (Å²) in [5.74, 6) is -1.88. The SMILES string of the molecule is CC(=O)OC[C@H]1O[C@@H](n2cc(NC(=O)OC(C)(C)C)c3c(N)ncnc32)[C@](C)(OC(C)=O)[C@@H]1OC(C)=O. The van der Waals surface area contributed by atoms with Gasteiger partial charge in [0.2, 0.25) is 0 Å². The predicted molar refractivity (Wildman–Crippen MR) is 128 cm³/mol. The average molecular weight is 522 g/mol. The number of nitrogens with two attached hydrogens (primary N) is 1. The van der Waals surface area contributed by atoms with Crippen molar-refractivity contribution in [3.05, 3.63) is 12.5 Å². The van der Waals surface area contributed by atoms with Crippen LogP contribution in [0.4, 0.5) is 16.3 Å². The average Bonchev–Trinajstić information content (AvgIpc) is 3.20. The van der Waals surface area contributed by atoms with E-state index in [1.165, 1.54) is 44.8 Å². The molecule has 0 aliphatic carbocycles. The summed E-state index contributed by atoms with van der Waals surface area (Å²) in [5.41, 5.74) is 4.15. The van der Waals surface area contributed by atoms with Gasteiger partial charge in [0.25, 0.3) is 0 Å². The fraction of sp³-hybridized carbons (Fsp3) is 0.565. The maximum absolute atomic E-state index is 12.5. The van der Waals surface area contributed by atoms with Crippen LogP contribution in [-0.4, -0.2) is 68.6 Å². The summed E-state index contributed by atoms with van der Waals surface area (Å²) in [6.45, 7) is 9.94. The first kappa shape index (κ1) is 27.6. The van der Waals surface area contributed by atoms with Crippen molar-refractivity contribution >= 4 is 46.5 Å². The van der Waals surface area contributed by atoms with E-state index in [0.29, 0.717) is 0 Å². The monoisotopic (exact) mass is 521 g/mol. The van der Waals surface area contributed by atoms with Gasteiger partial charge in [0.05, 0.1) is 11.1 Å². The fourth-order valence-electron chi connectivity index (χ4n) is 4.13. The lowest BCUT2D eigenvalue weighted by Gasteiger charge is -2.34. The molecule has 0 bridgehead atoms. The zero-order valence-corrected chi connectivity index (χ0v) is 21.7. The molecule has 2 aromatic rings. The zero-order valence-electron chi connectivity index (χ0n) is 21.7. The number of hydrogen-bond donors (Lipinski definition) is 2. The largest absolute Gasteiger partial charge is 0.463 e. The van der Waals surface area contributed by atoms with Crippen LogP contribution in [0, 0.1) is 0 Å². The van der Waals surface area contributed by atoms with E-state index < -0.39 is 53.6 Å². The van der Waals surface area contributed by atoms with Crippen LogP contribution in [-0.2, 0) is 38.1 Å². The highest BCUT2D eigenvalue weighted by Gasteiger charge is 2.60. The predicted octanol–water partition coefficient (Wildman–Crippen LogP) is 2.07. The van der Waals surface area contributed by atoms with Gasteiger partial charge in [-0.05, 0) is 27.7 Å². The van der Waals surface area contributed by atoms with Crippen molar-refractivity contribution in [1.29, 1.82) is 0 Å². The van der Waals surface area contributed by atoms with Crippen molar-refractivity contribution in [3.63, 3.8) is 0 Å². The summed E-state index contributed by atoms with van der Waals surface area (Å²) in [6.07, 6.45) is -1.42. The van der Waals surface area contributed by atoms with Gasteiger partial charge < -0.3 is 29.4 Å². The fourth-order valence-corrected chi connectivity index (χ4v) is 4.13. The lowest BCUT2D eigenvalue weighted by atomic mass is 9.95. The van der Waals surface area contributed by atoms with Gasteiger partial charge in [-0.25, -0.2) is 14.8 Å². The van der Waals surface area contributed by atoms with Crippen LogP contribution in [0.15, 0.2) is 12.5 Å². The first-order chi connectivity index (χ1) is 17.1. The summed E-state index contributed by atoms with van der Waals surface area (Å²) in [4.78, 5) is 56.4. The van der Waals surface area contributed by atoms with E-state index in [1.807, 2.05) is 0 Å². The Labute approximate surface area is 212 Å². The van der Waals surface area contributed by atoms with E-state index in [2.05, 4.69) is 15.3 Å². The molecule has 1 aliphatic rings. The number of esters is 3. The molecular formula is C23H31N5O9. The number of nitrogens with zero attached hydrogens (tertiary/aromatic N) is 3. The molecule has 1 amide bonds. The number of nitrogen functional groups attached to an aromatic ring is 1. The second-order valence-corrected chi connectivity index (χ2v) is 9.67. The van der Waals surface area contributed by atoms with Crippen molar-refractivity contribution < 1.29 is 42.9 Å². The minimum absolute atomic E-state index is 0.0509. The third-order valence-corrected chi connectivity index (χ3v) is 5.33. The van der Waals surface area contributed by atoms with E-state index in [-0.39, 0.29) is 29.1 Å². The molecule has 0 saturated carbocycles. The summed E-state index contributed by atoms with van der Waals surface area (Å²) in [6, 6.07) is 0. The van der Waals surface area contributed by atoms with Gasteiger partial charge in [0.15, 0.2) is 17.9 Å². The van der Waals surface area contributed by atoms with Crippen molar-refractivity contribution in [1.82, 2.24) is 14.5 Å². The van der Waals surface area contributed by atoms with E-state index in [0.717, 1.165) is 0 Å². The van der Waals surface area contributed by atoms with Crippen molar-refractivity contribution in [2.45, 2.75) is 78.1 Å². The Morgan fingerprint density at radius 3 is 2.38 bits per heavy atom. The number of fused-ring (bicyclic) bond motifs is 1. The van der Waals surface area contributed by atoms with Crippen molar-refractivity contribution in [3.8, 4) is 0 Å². The van der Waals surface area contributed by atoms with Crippen LogP contribution in [0.1, 0.15) is 54.7 Å². The molecule has 14 nitrogen and oxygen atoms in total. The van der Waals surface area contributed by atoms with Crippen LogP contribution in [0.2, 0.25) is 0 Å². The maximum atomic E-state index is 12.5. The zero-order chi connectivity index (χ0) is 27.7. The topological polar surface area (TPSA) is 183 Å². The second kappa shape index (κ2) is 10.2. The first-order valence-corrected chi connectivity index (χ1v) is 11.4. The number of ether oxygens (including phenoxy) is 5. The lowest BCUT2D eigenvalue weighted by Crippen LogP contribution is -2.50. The Morgan fingerprint density at radius 2 is 1.81 bits per heavy atom. The molecule has 3 rings (SSSR count). The van der Waals surface area contributed by atoms with Gasteiger partial charge in [-0.2, -0.15) is 0 Å². The van der Waals surface area contributed by atoms with E-state index in [1.54, 1.807) is 20.8 Å². The van der Waals surface area contributed by atoms with Crippen LogP contribution in [0.25, 0.3) is 11.0 Å². The Balaban J connectivity index is 2.14. The number of carbonyl (C=O) groups excluding carboxylic acids is 4. The van der Waals surface area contributed by atoms with E-state index >= 15 is 0 Å². The summed E-state index contributed by atoms with van der Waals surface area (Å²) < 4.78 is 29.2. The second-order valence-electron chi connectivity index (χ2n) is 9.67. The van der Waals surface area contributed by atoms with Gasteiger partial charge in [0.1, 0.15) is 36.1 Å². The van der Waals surface area contributed by atoms with Gasteiger partial charge in [0, 0.05) is 27.0 Å². The Hall–Kier alpha value is -3.94. The number of hydrogen-bond acceptors (Lipinski definition) is 12. The number of carbonyl (C=O) groups is 4. The molecular weight excluding hydrogens is 490 g/mol. The van der Waals surface area contributed by atoms with Gasteiger partial charge in [-0.15, -0.1) is 0 Å². The molecule has 202 valence electrons. The molecule has 0 radical (unpaired) electrons. The molecule has 4 atom stereocenters. The van der Waals surface area contributed by atoms with Gasteiger partial charge in [-0.1, -0.05) is 0 Å². The van der Waals surface area contributed by atoms with E-state index in [9.17, 15) is 19.2 Å². The van der Waals surface area contributed by atoms with Crippen LogP contribution >= 0.6 is 0 Å². The molecule has 3 N–H and O–H groups in total. The number of anilines is 2.